The van der Waals surface area contributed by atoms with Gasteiger partial charge in [0.1, 0.15) is 5.78 Å². The summed E-state index contributed by atoms with van der Waals surface area (Å²) in [6.07, 6.45) is 6.69. The van der Waals surface area contributed by atoms with Crippen LogP contribution in [-0.4, -0.2) is 11.3 Å². The van der Waals surface area contributed by atoms with Gasteiger partial charge in [-0.15, -0.1) is 11.3 Å². The standard InChI is InChI=1S/C17H21NOS/c18-17(8-4-1-5-9-17)11-14(19)10-13-12-20-16-7-3-2-6-15(13)16/h2-3,6-7,12H,1,4-5,8-11,18H2. The van der Waals surface area contributed by atoms with E-state index in [1.54, 1.807) is 11.3 Å². The topological polar surface area (TPSA) is 43.1 Å². The van der Waals surface area contributed by atoms with Crippen molar-refractivity contribution in [2.45, 2.75) is 50.5 Å². The second-order valence-corrected chi connectivity index (χ2v) is 6.98. The van der Waals surface area contributed by atoms with E-state index in [1.165, 1.54) is 29.3 Å². The van der Waals surface area contributed by atoms with E-state index in [0.29, 0.717) is 12.8 Å². The van der Waals surface area contributed by atoms with Gasteiger partial charge in [0, 0.05) is 23.1 Å². The Bertz CT molecular complexity index is 610. The minimum absolute atomic E-state index is 0.235. The summed E-state index contributed by atoms with van der Waals surface area (Å²) in [5.74, 6) is 0.290. The molecule has 2 aromatic rings. The molecule has 2 N–H and O–H groups in total. The normalized spacial score (nSPS) is 18.2. The molecule has 106 valence electrons. The number of ketones is 1. The number of hydrogen-bond acceptors (Lipinski definition) is 3. The second kappa shape index (κ2) is 5.66. The third-order valence-electron chi connectivity index (χ3n) is 4.35. The van der Waals surface area contributed by atoms with Gasteiger partial charge in [0.15, 0.2) is 0 Å². The molecule has 0 saturated heterocycles. The van der Waals surface area contributed by atoms with Crippen molar-refractivity contribution in [3.8, 4) is 0 Å². The number of nitrogens with two attached hydrogens (primary N) is 1. The zero-order valence-electron chi connectivity index (χ0n) is 11.7. The highest BCUT2D eigenvalue weighted by Gasteiger charge is 2.29. The molecule has 0 amide bonds. The monoisotopic (exact) mass is 287 g/mol. The van der Waals surface area contributed by atoms with E-state index in [1.807, 2.05) is 12.1 Å². The van der Waals surface area contributed by atoms with E-state index in [4.69, 9.17) is 5.73 Å². The van der Waals surface area contributed by atoms with E-state index in [-0.39, 0.29) is 11.3 Å². The van der Waals surface area contributed by atoms with Gasteiger partial charge in [-0.05, 0) is 35.2 Å². The Balaban J connectivity index is 1.69. The van der Waals surface area contributed by atoms with Gasteiger partial charge in [-0.1, -0.05) is 37.5 Å². The van der Waals surface area contributed by atoms with Crippen molar-refractivity contribution in [1.29, 1.82) is 0 Å². The highest BCUT2D eigenvalue weighted by molar-refractivity contribution is 7.17. The third kappa shape index (κ3) is 2.94. The molecule has 0 atom stereocenters. The van der Waals surface area contributed by atoms with Crippen molar-refractivity contribution < 1.29 is 4.79 Å². The lowest BCUT2D eigenvalue weighted by atomic mass is 9.78. The van der Waals surface area contributed by atoms with E-state index >= 15 is 0 Å². The molecule has 1 aromatic carbocycles. The van der Waals surface area contributed by atoms with Crippen LogP contribution in [0.25, 0.3) is 10.1 Å². The van der Waals surface area contributed by atoms with Crippen LogP contribution in [0.4, 0.5) is 0 Å². The maximum absolute atomic E-state index is 12.4. The predicted octanol–water partition coefficient (Wildman–Crippen LogP) is 4.06. The van der Waals surface area contributed by atoms with Crippen LogP contribution in [0.3, 0.4) is 0 Å². The summed E-state index contributed by atoms with van der Waals surface area (Å²) in [6.45, 7) is 0. The molecule has 1 aliphatic carbocycles. The molecule has 1 aromatic heterocycles. The molecule has 0 aliphatic heterocycles. The predicted molar refractivity (Wildman–Crippen MR) is 85.2 cm³/mol. The number of hydrogen-bond donors (Lipinski definition) is 1. The van der Waals surface area contributed by atoms with Crippen LogP contribution in [0.5, 0.6) is 0 Å². The van der Waals surface area contributed by atoms with Crippen molar-refractivity contribution in [2.75, 3.05) is 0 Å². The molecule has 1 fully saturated rings. The van der Waals surface area contributed by atoms with E-state index in [2.05, 4.69) is 17.5 Å². The average Bonchev–Trinajstić information content (AvgIpc) is 2.82. The largest absolute Gasteiger partial charge is 0.325 e. The van der Waals surface area contributed by atoms with Gasteiger partial charge in [0.05, 0.1) is 0 Å². The zero-order valence-corrected chi connectivity index (χ0v) is 12.5. The molecule has 3 rings (SSSR count). The molecule has 1 heterocycles. The minimum atomic E-state index is -0.235. The van der Waals surface area contributed by atoms with Gasteiger partial charge in [-0.25, -0.2) is 0 Å². The first kappa shape index (κ1) is 13.8. The maximum Gasteiger partial charge on any atom is 0.139 e. The van der Waals surface area contributed by atoms with Crippen molar-refractivity contribution >= 4 is 27.2 Å². The summed E-state index contributed by atoms with van der Waals surface area (Å²) in [7, 11) is 0. The Kier molecular flexibility index (Phi) is 3.90. The Hall–Kier alpha value is -1.19. The van der Waals surface area contributed by atoms with Crippen LogP contribution in [0.1, 0.15) is 44.1 Å². The molecule has 0 spiro atoms. The fourth-order valence-corrected chi connectivity index (χ4v) is 4.23. The van der Waals surface area contributed by atoms with E-state index < -0.39 is 0 Å². The molecule has 1 saturated carbocycles. The Morgan fingerprint density at radius 3 is 2.75 bits per heavy atom. The maximum atomic E-state index is 12.4. The fraction of sp³-hybridized carbons (Fsp3) is 0.471. The number of fused-ring (bicyclic) bond motifs is 1. The van der Waals surface area contributed by atoms with E-state index in [9.17, 15) is 4.79 Å². The van der Waals surface area contributed by atoms with Crippen LogP contribution >= 0.6 is 11.3 Å². The highest BCUT2D eigenvalue weighted by atomic mass is 32.1. The summed E-state index contributed by atoms with van der Waals surface area (Å²) < 4.78 is 1.26. The van der Waals surface area contributed by atoms with Crippen LogP contribution in [0, 0.1) is 0 Å². The number of thiophene rings is 1. The lowest BCUT2D eigenvalue weighted by Crippen LogP contribution is -2.43. The van der Waals surface area contributed by atoms with E-state index in [0.717, 1.165) is 18.4 Å². The number of carbonyl (C=O) groups excluding carboxylic acids is 1. The number of rotatable bonds is 4. The van der Waals surface area contributed by atoms with Crippen LogP contribution in [-0.2, 0) is 11.2 Å². The molecule has 0 unspecified atom stereocenters. The number of carbonyl (C=O) groups is 1. The third-order valence-corrected chi connectivity index (χ3v) is 5.36. The van der Waals surface area contributed by atoms with Crippen molar-refractivity contribution in [3.05, 3.63) is 35.2 Å². The summed E-state index contributed by atoms with van der Waals surface area (Å²) in [6, 6.07) is 8.29. The summed E-state index contributed by atoms with van der Waals surface area (Å²) >= 11 is 1.72. The molecule has 1 aliphatic rings. The first-order valence-corrected chi connectivity index (χ1v) is 8.30. The Morgan fingerprint density at radius 1 is 1.20 bits per heavy atom. The van der Waals surface area contributed by atoms with Crippen LogP contribution in [0.15, 0.2) is 29.6 Å². The molecule has 0 radical (unpaired) electrons. The molecule has 2 nitrogen and oxygen atoms in total. The van der Waals surface area contributed by atoms with Crippen molar-refractivity contribution in [2.24, 2.45) is 5.73 Å². The molecule has 0 bridgehead atoms. The van der Waals surface area contributed by atoms with Crippen molar-refractivity contribution in [3.63, 3.8) is 0 Å². The summed E-state index contributed by atoms with van der Waals surface area (Å²) in [4.78, 5) is 12.4. The zero-order chi connectivity index (χ0) is 14.0. The number of Topliss-reactive ketones (excluding diaryl/α,β-unsaturated/α-hetero) is 1. The molecular formula is C17H21NOS. The van der Waals surface area contributed by atoms with Gasteiger partial charge in [-0.2, -0.15) is 0 Å². The Morgan fingerprint density at radius 2 is 1.95 bits per heavy atom. The number of benzene rings is 1. The van der Waals surface area contributed by atoms with Gasteiger partial charge < -0.3 is 5.73 Å². The molecule has 3 heteroatoms. The highest BCUT2D eigenvalue weighted by Crippen LogP contribution is 2.30. The smallest absolute Gasteiger partial charge is 0.139 e. The lowest BCUT2D eigenvalue weighted by Gasteiger charge is -2.32. The van der Waals surface area contributed by atoms with Crippen molar-refractivity contribution in [1.82, 2.24) is 0 Å². The SMILES string of the molecule is NC1(CC(=O)Cc2csc3ccccc23)CCCCC1. The quantitative estimate of drug-likeness (QED) is 0.921. The second-order valence-electron chi connectivity index (χ2n) is 6.07. The lowest BCUT2D eigenvalue weighted by molar-refractivity contribution is -0.119. The Labute approximate surface area is 124 Å². The van der Waals surface area contributed by atoms with Gasteiger partial charge in [0.2, 0.25) is 0 Å². The van der Waals surface area contributed by atoms with Gasteiger partial charge >= 0.3 is 0 Å². The minimum Gasteiger partial charge on any atom is -0.325 e. The van der Waals surface area contributed by atoms with Crippen LogP contribution in [0.2, 0.25) is 0 Å². The van der Waals surface area contributed by atoms with Crippen LogP contribution < -0.4 is 5.73 Å². The summed E-state index contributed by atoms with van der Waals surface area (Å²) in [5, 5.41) is 3.34. The molecule has 20 heavy (non-hydrogen) atoms. The summed E-state index contributed by atoms with van der Waals surface area (Å²) in [5.41, 5.74) is 7.31. The molecular weight excluding hydrogens is 266 g/mol. The first-order chi connectivity index (χ1) is 9.66. The average molecular weight is 287 g/mol. The van der Waals surface area contributed by atoms with Gasteiger partial charge in [-0.3, -0.25) is 4.79 Å². The van der Waals surface area contributed by atoms with Gasteiger partial charge in [0.25, 0.3) is 0 Å². The first-order valence-electron chi connectivity index (χ1n) is 7.42. The fourth-order valence-electron chi connectivity index (χ4n) is 3.27.